The van der Waals surface area contributed by atoms with E-state index >= 15 is 0 Å². The molecule has 0 amide bonds. The summed E-state index contributed by atoms with van der Waals surface area (Å²) in [6, 6.07) is 39.5. The van der Waals surface area contributed by atoms with E-state index in [4.69, 9.17) is 0 Å². The first kappa shape index (κ1) is 19.7. The van der Waals surface area contributed by atoms with Crippen LogP contribution in [0.15, 0.2) is 126 Å². The highest BCUT2D eigenvalue weighted by atomic mass is 16.1. The summed E-state index contributed by atoms with van der Waals surface area (Å²) >= 11 is 0. The third kappa shape index (κ3) is 2.99. The van der Waals surface area contributed by atoms with E-state index in [-0.39, 0.29) is 5.56 Å². The van der Waals surface area contributed by atoms with Crippen LogP contribution in [-0.2, 0) is 0 Å². The number of benzene rings is 5. The van der Waals surface area contributed by atoms with E-state index in [0.29, 0.717) is 11.0 Å². The molecular formula is C32H20N2O. The molecule has 3 nitrogen and oxygen atoms in total. The molecule has 0 bridgehead atoms. The lowest BCUT2D eigenvalue weighted by Gasteiger charge is -2.18. The predicted molar refractivity (Wildman–Crippen MR) is 145 cm³/mol. The van der Waals surface area contributed by atoms with E-state index in [9.17, 15) is 4.79 Å². The van der Waals surface area contributed by atoms with E-state index in [2.05, 4.69) is 89.9 Å². The van der Waals surface area contributed by atoms with E-state index < -0.39 is 0 Å². The zero-order valence-electron chi connectivity index (χ0n) is 18.8. The molecule has 35 heavy (non-hydrogen) atoms. The first-order valence-electron chi connectivity index (χ1n) is 11.7. The maximum Gasteiger partial charge on any atom is 0.281 e. The standard InChI is InChI=1S/C32H20N2O/c35-32-27-16-8-9-17-28(27)34-19-18-22(20-29(34)33-32)31-25-14-6-4-12-23(25)30(21-10-2-1-3-11-21)24-13-5-7-15-26(24)31/h1-20H. The Kier molecular flexibility index (Phi) is 4.30. The Morgan fingerprint density at radius 3 is 1.66 bits per heavy atom. The summed E-state index contributed by atoms with van der Waals surface area (Å²) in [6.07, 6.45) is 2.02. The molecule has 0 fully saturated rings. The fourth-order valence-electron chi connectivity index (χ4n) is 5.32. The van der Waals surface area contributed by atoms with Crippen molar-refractivity contribution in [3.63, 3.8) is 0 Å². The molecule has 3 heteroatoms. The van der Waals surface area contributed by atoms with E-state index in [1.54, 1.807) is 0 Å². The summed E-state index contributed by atoms with van der Waals surface area (Å²) in [7, 11) is 0. The topological polar surface area (TPSA) is 34.4 Å². The lowest BCUT2D eigenvalue weighted by Crippen LogP contribution is -2.10. The zero-order valence-corrected chi connectivity index (χ0v) is 18.8. The minimum Gasteiger partial charge on any atom is -0.301 e. The summed E-state index contributed by atoms with van der Waals surface area (Å²) in [5, 5.41) is 5.39. The fraction of sp³-hybridized carbons (Fsp3) is 0. The summed E-state index contributed by atoms with van der Waals surface area (Å²) in [4.78, 5) is 17.2. The molecule has 7 rings (SSSR count). The summed E-state index contributed by atoms with van der Waals surface area (Å²) in [6.45, 7) is 0. The van der Waals surface area contributed by atoms with Gasteiger partial charge in [-0.25, -0.2) is 0 Å². The van der Waals surface area contributed by atoms with Gasteiger partial charge >= 0.3 is 0 Å². The Morgan fingerprint density at radius 1 is 0.514 bits per heavy atom. The van der Waals surface area contributed by atoms with Crippen LogP contribution >= 0.6 is 0 Å². The lowest BCUT2D eigenvalue weighted by molar-refractivity contribution is 1.14. The van der Waals surface area contributed by atoms with Gasteiger partial charge in [0.15, 0.2) is 0 Å². The molecule has 2 aromatic heterocycles. The van der Waals surface area contributed by atoms with Gasteiger partial charge in [0.25, 0.3) is 5.56 Å². The number of rotatable bonds is 2. The second-order valence-corrected chi connectivity index (χ2v) is 8.78. The minimum absolute atomic E-state index is 0.202. The van der Waals surface area contributed by atoms with Gasteiger partial charge in [-0.15, -0.1) is 0 Å². The Balaban J connectivity index is 1.61. The molecule has 0 aliphatic carbocycles. The largest absolute Gasteiger partial charge is 0.301 e. The van der Waals surface area contributed by atoms with Crippen LogP contribution < -0.4 is 5.56 Å². The van der Waals surface area contributed by atoms with Crippen molar-refractivity contribution < 1.29 is 0 Å². The third-order valence-corrected chi connectivity index (χ3v) is 6.83. The Hall–Kier alpha value is -4.76. The van der Waals surface area contributed by atoms with Crippen LogP contribution in [0.4, 0.5) is 0 Å². The van der Waals surface area contributed by atoms with Gasteiger partial charge in [0.2, 0.25) is 0 Å². The van der Waals surface area contributed by atoms with Crippen LogP contribution in [0.5, 0.6) is 0 Å². The van der Waals surface area contributed by atoms with Crippen molar-refractivity contribution in [1.82, 2.24) is 9.38 Å². The minimum atomic E-state index is -0.202. The highest BCUT2D eigenvalue weighted by molar-refractivity contribution is 6.21. The highest BCUT2D eigenvalue weighted by Gasteiger charge is 2.17. The molecule has 0 unspecified atom stereocenters. The number of aromatic nitrogens is 2. The van der Waals surface area contributed by atoms with Crippen LogP contribution in [0.2, 0.25) is 0 Å². The molecule has 0 aliphatic rings. The van der Waals surface area contributed by atoms with Crippen molar-refractivity contribution >= 4 is 38.1 Å². The molecule has 5 aromatic carbocycles. The summed E-state index contributed by atoms with van der Waals surface area (Å²) < 4.78 is 1.99. The van der Waals surface area contributed by atoms with Crippen LogP contribution in [0, 0.1) is 0 Å². The summed E-state index contributed by atoms with van der Waals surface area (Å²) in [5.41, 5.74) is 5.94. The van der Waals surface area contributed by atoms with Gasteiger partial charge in [-0.2, -0.15) is 4.98 Å². The van der Waals surface area contributed by atoms with Gasteiger partial charge in [-0.1, -0.05) is 91.0 Å². The molecule has 2 heterocycles. The molecular weight excluding hydrogens is 428 g/mol. The van der Waals surface area contributed by atoms with Crippen LogP contribution in [0.1, 0.15) is 0 Å². The number of hydrogen-bond acceptors (Lipinski definition) is 2. The number of fused-ring (bicyclic) bond motifs is 5. The van der Waals surface area contributed by atoms with Crippen LogP contribution in [-0.4, -0.2) is 9.38 Å². The maximum atomic E-state index is 12.7. The first-order chi connectivity index (χ1) is 17.3. The zero-order chi connectivity index (χ0) is 23.4. The predicted octanol–water partition coefficient (Wildman–Crippen LogP) is 7.49. The monoisotopic (exact) mass is 448 g/mol. The average Bonchev–Trinajstić information content (AvgIpc) is 2.92. The smallest absolute Gasteiger partial charge is 0.281 e. The maximum absolute atomic E-state index is 12.7. The lowest BCUT2D eigenvalue weighted by atomic mass is 9.86. The van der Waals surface area contributed by atoms with Gasteiger partial charge in [0.1, 0.15) is 5.65 Å². The molecule has 0 saturated carbocycles. The number of hydrogen-bond donors (Lipinski definition) is 0. The second-order valence-electron chi connectivity index (χ2n) is 8.78. The molecule has 0 saturated heterocycles. The molecule has 0 spiro atoms. The quantitative estimate of drug-likeness (QED) is 0.203. The van der Waals surface area contributed by atoms with E-state index in [1.807, 2.05) is 40.9 Å². The molecule has 164 valence electrons. The van der Waals surface area contributed by atoms with Crippen molar-refractivity contribution in [3.8, 4) is 22.3 Å². The molecule has 7 aromatic rings. The van der Waals surface area contributed by atoms with Gasteiger partial charge in [-0.05, 0) is 68.1 Å². The SMILES string of the molecule is O=c1nc2cc(-c3c4ccccc4c(-c4ccccc4)c4ccccc34)ccn2c2ccccc12. The van der Waals surface area contributed by atoms with Crippen LogP contribution in [0.3, 0.4) is 0 Å². The van der Waals surface area contributed by atoms with Gasteiger partial charge in [0, 0.05) is 6.20 Å². The highest BCUT2D eigenvalue weighted by Crippen LogP contribution is 2.43. The molecule has 0 N–H and O–H groups in total. The third-order valence-electron chi connectivity index (χ3n) is 6.83. The van der Waals surface area contributed by atoms with Gasteiger partial charge in [0.05, 0.1) is 10.9 Å². The average molecular weight is 449 g/mol. The van der Waals surface area contributed by atoms with Crippen molar-refractivity contribution in [3.05, 3.63) is 132 Å². The summed E-state index contributed by atoms with van der Waals surface area (Å²) in [5.74, 6) is 0. The second kappa shape index (κ2) is 7.64. The van der Waals surface area contributed by atoms with Crippen molar-refractivity contribution in [1.29, 1.82) is 0 Å². The molecule has 0 aliphatic heterocycles. The molecule has 0 radical (unpaired) electrons. The van der Waals surface area contributed by atoms with Crippen molar-refractivity contribution in [2.24, 2.45) is 0 Å². The van der Waals surface area contributed by atoms with Gasteiger partial charge in [-0.3, -0.25) is 4.79 Å². The van der Waals surface area contributed by atoms with Crippen LogP contribution in [0.25, 0.3) is 60.3 Å². The Labute approximate surface area is 201 Å². The first-order valence-corrected chi connectivity index (χ1v) is 11.7. The van der Waals surface area contributed by atoms with Crippen molar-refractivity contribution in [2.75, 3.05) is 0 Å². The van der Waals surface area contributed by atoms with Gasteiger partial charge < -0.3 is 4.40 Å². The van der Waals surface area contributed by atoms with E-state index in [0.717, 1.165) is 16.6 Å². The van der Waals surface area contributed by atoms with Crippen molar-refractivity contribution in [2.45, 2.75) is 0 Å². The van der Waals surface area contributed by atoms with E-state index in [1.165, 1.54) is 32.7 Å². The number of pyridine rings is 1. The molecule has 0 atom stereocenters. The normalized spacial score (nSPS) is 11.5. The number of para-hydroxylation sites is 1. The fourth-order valence-corrected chi connectivity index (χ4v) is 5.32. The Morgan fingerprint density at radius 2 is 1.03 bits per heavy atom. The number of nitrogens with zero attached hydrogens (tertiary/aromatic N) is 2. The Bertz CT molecular complexity index is 1910.